The summed E-state index contributed by atoms with van der Waals surface area (Å²) in [6.07, 6.45) is 4.35. The predicted molar refractivity (Wildman–Crippen MR) is 342 cm³/mol. The molecule has 2 aliphatic heterocycles. The number of nitrogens with one attached hydrogen (secondary N) is 14. The quantitative estimate of drug-likeness (QED) is 0.0233. The zero-order valence-corrected chi connectivity index (χ0v) is 52.7. The number of hydrogen-bond acceptors (Lipinski definition) is 20. The number of phenols is 2. The van der Waals surface area contributed by atoms with Crippen molar-refractivity contribution in [1.29, 1.82) is 0 Å². The normalized spacial score (nSPS) is 18.7. The van der Waals surface area contributed by atoms with Gasteiger partial charge in [0.15, 0.2) is 0 Å². The lowest BCUT2D eigenvalue weighted by Crippen LogP contribution is -2.69. The van der Waals surface area contributed by atoms with E-state index in [4.69, 9.17) is 11.5 Å². The van der Waals surface area contributed by atoms with E-state index in [-0.39, 0.29) is 124 Å². The smallest absolute Gasteiger partial charge is 0.242 e. The van der Waals surface area contributed by atoms with Crippen LogP contribution < -0.4 is 85.9 Å². The Morgan fingerprint density at radius 2 is 0.764 bits per heavy atom. The molecule has 2 heterocycles. The highest BCUT2D eigenvalue weighted by Gasteiger charge is 2.35. The summed E-state index contributed by atoms with van der Waals surface area (Å²) in [5.74, 6) is -3.92. The number of hydrogen-bond donors (Lipinski definition) is 20. The van der Waals surface area contributed by atoms with E-state index in [1.54, 1.807) is 24.3 Å². The molecule has 30 heteroatoms. The number of benzene rings is 2. The summed E-state index contributed by atoms with van der Waals surface area (Å²) in [6, 6.07) is 9.02. The van der Waals surface area contributed by atoms with Crippen LogP contribution in [0.25, 0.3) is 0 Å². The number of carbonyl (C=O) groups excluding carboxylic acids is 10. The van der Waals surface area contributed by atoms with Gasteiger partial charge in [0.05, 0.1) is 5.54 Å². The monoisotopic (exact) mass is 1280 g/mol. The topological polar surface area (TPSA) is 432 Å². The van der Waals surface area contributed by atoms with E-state index in [0.29, 0.717) is 122 Å². The van der Waals surface area contributed by atoms with E-state index in [1.807, 2.05) is 0 Å². The van der Waals surface area contributed by atoms with Crippen LogP contribution in [-0.2, 0) is 60.8 Å². The van der Waals surface area contributed by atoms with Gasteiger partial charge >= 0.3 is 0 Å². The highest BCUT2D eigenvalue weighted by Crippen LogP contribution is 2.15. The minimum atomic E-state index is -0.951. The molecule has 0 spiro atoms. The second kappa shape index (κ2) is 41.5. The molecule has 0 aromatic heterocycles. The van der Waals surface area contributed by atoms with Gasteiger partial charge < -0.3 is 90.8 Å². The summed E-state index contributed by atoms with van der Waals surface area (Å²) < 4.78 is 0. The van der Waals surface area contributed by atoms with Gasteiger partial charge in [-0.25, -0.2) is 0 Å². The van der Waals surface area contributed by atoms with Crippen LogP contribution in [0.1, 0.15) is 101 Å². The molecule has 2 bridgehead atoms. The molecular formula is C59H96N16O12S2. The van der Waals surface area contributed by atoms with E-state index in [9.17, 15) is 58.2 Å². The molecule has 28 nitrogen and oxygen atoms in total. The van der Waals surface area contributed by atoms with Crippen LogP contribution in [0.3, 0.4) is 0 Å². The summed E-state index contributed by atoms with van der Waals surface area (Å²) in [5, 5.41) is 63.5. The number of nitrogens with two attached hydrogens (primary N) is 2. The lowest BCUT2D eigenvalue weighted by atomic mass is 9.97. The molecule has 4 atom stereocenters. The fourth-order valence-electron chi connectivity index (χ4n) is 9.95. The summed E-state index contributed by atoms with van der Waals surface area (Å²) >= 11 is 8.07. The van der Waals surface area contributed by atoms with Gasteiger partial charge in [-0.05, 0) is 73.9 Å². The Morgan fingerprint density at radius 3 is 1.15 bits per heavy atom. The maximum atomic E-state index is 13.8. The van der Waals surface area contributed by atoms with Crippen molar-refractivity contribution in [2.45, 2.75) is 138 Å². The predicted octanol–water partition coefficient (Wildman–Crippen LogP) is -3.42. The third-order valence-corrected chi connectivity index (χ3v) is 15.6. The van der Waals surface area contributed by atoms with Crippen molar-refractivity contribution in [2.24, 2.45) is 11.5 Å². The van der Waals surface area contributed by atoms with Gasteiger partial charge in [-0.15, -0.1) is 0 Å². The number of phenolic OH excluding ortho intramolecular Hbond substituents is 2. The lowest BCUT2D eigenvalue weighted by molar-refractivity contribution is -0.129. The first-order valence-electron chi connectivity index (χ1n) is 30.7. The molecule has 2 aliphatic rings. The fourth-order valence-corrected chi connectivity index (χ4v) is 10.5. The number of unbranched alkanes of at least 4 members (excludes halogenated alkanes) is 4. The van der Waals surface area contributed by atoms with Crippen molar-refractivity contribution >= 4 is 84.3 Å². The molecule has 4 rings (SSSR count). The number of amides is 10. The Hall–Kier alpha value is -6.80. The van der Waals surface area contributed by atoms with Gasteiger partial charge in [0.25, 0.3) is 0 Å². The minimum absolute atomic E-state index is 0.0162. The maximum Gasteiger partial charge on any atom is 0.242 e. The van der Waals surface area contributed by atoms with E-state index in [1.165, 1.54) is 24.3 Å². The Labute approximate surface area is 532 Å². The number of aromatic hydroxyl groups is 2. The molecule has 10 amide bonds. The summed E-state index contributed by atoms with van der Waals surface area (Å²) in [5.41, 5.74) is 10.2. The highest BCUT2D eigenvalue weighted by molar-refractivity contribution is 7.80. The number of primary amides is 2. The van der Waals surface area contributed by atoms with Crippen molar-refractivity contribution < 1.29 is 58.2 Å². The van der Waals surface area contributed by atoms with Crippen molar-refractivity contribution in [3.8, 4) is 11.5 Å². The Kier molecular flexibility index (Phi) is 34.8. The summed E-state index contributed by atoms with van der Waals surface area (Å²) in [7, 11) is 0. The average molecular weight is 1290 g/mol. The third-order valence-electron chi connectivity index (χ3n) is 14.9. The molecule has 2 fully saturated rings. The number of thiol groups is 2. The van der Waals surface area contributed by atoms with Crippen LogP contribution in [0, 0.1) is 0 Å². The first-order chi connectivity index (χ1) is 42.7. The van der Waals surface area contributed by atoms with Crippen LogP contribution in [0.15, 0.2) is 48.5 Å². The molecule has 89 heavy (non-hydrogen) atoms. The van der Waals surface area contributed by atoms with E-state index in [0.717, 1.165) is 0 Å². The molecule has 2 aromatic rings. The standard InChI is InChI=1S/C59H96N16O12S2/c60-54(84)46(33-88)72-48(78)9-3-1-5-23-67-56(86)44(31-40-15-19-42(76)20-16-40)70-50(80)11-7-13-52(82)74-58-35-62-25-27-65-38-59(69-30-29-64-37-58,39-66-28-26-63-36-58)75-53(83)14-8-12-51(81)71-45(32-41-17-21-43(77)22-18-41)57(87)68-24-6-2-4-10-49(79)73-47(34-89)55(61)85/h15-22,44-47,62-66,69,76-77,88-89H,1-14,23-39H2,(H2,60,84)(H2,61,85)(H,67,86)(H,68,87)(H,70,80)(H,71,81)(H,72,78)(H,73,79)(H,74,82)(H,75,83)/t44-,45-,46-,47-,58?,59?/m0/s1. The largest absolute Gasteiger partial charge is 0.508 e. The van der Waals surface area contributed by atoms with Crippen LogP contribution >= 0.6 is 25.3 Å². The minimum Gasteiger partial charge on any atom is -0.508 e. The highest BCUT2D eigenvalue weighted by atomic mass is 32.1. The van der Waals surface area contributed by atoms with Gasteiger partial charge in [0, 0.05) is 148 Å². The molecule has 496 valence electrons. The van der Waals surface area contributed by atoms with Crippen molar-refractivity contribution in [1.82, 2.24) is 74.4 Å². The number of fused-ring (bicyclic) bond motifs is 6. The molecule has 2 saturated heterocycles. The molecule has 20 N–H and O–H groups in total. The molecule has 0 unspecified atom stereocenters. The zero-order valence-electron chi connectivity index (χ0n) is 50.9. The van der Waals surface area contributed by atoms with Gasteiger partial charge in [0.1, 0.15) is 41.3 Å². The second-order valence-electron chi connectivity index (χ2n) is 22.6. The molecular weight excluding hydrogens is 1190 g/mol. The average Bonchev–Trinajstić information content (AvgIpc) is 3.45. The first kappa shape index (κ1) is 74.7. The van der Waals surface area contributed by atoms with Gasteiger partial charge in [-0.1, -0.05) is 37.1 Å². The molecule has 2 aromatic carbocycles. The van der Waals surface area contributed by atoms with E-state index < -0.39 is 70.8 Å². The van der Waals surface area contributed by atoms with Crippen molar-refractivity contribution in [3.05, 3.63) is 59.7 Å². The summed E-state index contributed by atoms with van der Waals surface area (Å²) in [4.78, 5) is 129. The molecule has 0 aliphatic carbocycles. The second-order valence-corrected chi connectivity index (χ2v) is 23.3. The van der Waals surface area contributed by atoms with Crippen LogP contribution in [-0.4, -0.2) is 201 Å². The van der Waals surface area contributed by atoms with Crippen LogP contribution in [0.2, 0.25) is 0 Å². The van der Waals surface area contributed by atoms with E-state index in [2.05, 4.69) is 99.7 Å². The Morgan fingerprint density at radius 1 is 0.427 bits per heavy atom. The van der Waals surface area contributed by atoms with Gasteiger partial charge in [-0.3, -0.25) is 53.3 Å². The van der Waals surface area contributed by atoms with Gasteiger partial charge in [0.2, 0.25) is 59.1 Å². The zero-order chi connectivity index (χ0) is 64.9. The fraction of sp³-hybridized carbons (Fsp3) is 0.627. The first-order valence-corrected chi connectivity index (χ1v) is 32.0. The third kappa shape index (κ3) is 30.5. The Balaban J connectivity index is 1.25. The van der Waals surface area contributed by atoms with Crippen molar-refractivity contribution in [3.63, 3.8) is 0 Å². The molecule has 0 saturated carbocycles. The SMILES string of the molecule is NC(=O)[C@H](CS)NC(=O)CCCCCNC(=O)[C@H](Cc1ccc(O)cc1)NC(=O)CCCC(=O)NC12CNCCNCC(NC(=O)CCCC(=O)N[C@@H](Cc3ccc(O)cc3)C(=O)NCCCCCC(=O)N[C@@H](CS)C(N)=O)(CNCCNC1)NCCNC2. The Bertz CT molecular complexity index is 2390. The maximum absolute atomic E-state index is 13.8. The lowest BCUT2D eigenvalue weighted by Gasteiger charge is -2.37. The summed E-state index contributed by atoms with van der Waals surface area (Å²) in [6.45, 7) is 5.38. The van der Waals surface area contributed by atoms with E-state index >= 15 is 0 Å². The van der Waals surface area contributed by atoms with Crippen LogP contribution in [0.5, 0.6) is 11.5 Å². The van der Waals surface area contributed by atoms with Gasteiger partial charge in [-0.2, -0.15) is 25.3 Å². The molecule has 0 radical (unpaired) electrons. The van der Waals surface area contributed by atoms with Crippen LogP contribution in [0.4, 0.5) is 0 Å². The van der Waals surface area contributed by atoms with Crippen molar-refractivity contribution in [2.75, 3.05) is 96.6 Å². The number of rotatable bonds is 36. The number of carbonyl (C=O) groups is 10.